The van der Waals surface area contributed by atoms with Crippen LogP contribution in [0, 0.1) is 0 Å². The first-order valence-electron chi connectivity index (χ1n) is 7.15. The molecule has 0 saturated carbocycles. The Hall–Kier alpha value is -3.22. The number of amides is 3. The summed E-state index contributed by atoms with van der Waals surface area (Å²) >= 11 is 0. The first-order chi connectivity index (χ1) is 11.2. The minimum absolute atomic E-state index is 0.373. The molecule has 3 rings (SSSR count). The molecule has 0 bridgehead atoms. The summed E-state index contributed by atoms with van der Waals surface area (Å²) in [6.07, 6.45) is -0.377. The number of nitrogens with one attached hydrogen (secondary N) is 3. The molecule has 0 aliphatic carbocycles. The van der Waals surface area contributed by atoms with Crippen LogP contribution >= 0.6 is 0 Å². The fourth-order valence-corrected chi connectivity index (χ4v) is 2.19. The Morgan fingerprint density at radius 3 is 2.57 bits per heavy atom. The average molecular weight is 312 g/mol. The Morgan fingerprint density at radius 1 is 1.04 bits per heavy atom. The summed E-state index contributed by atoms with van der Waals surface area (Å²) in [6, 6.07) is 15.9. The third-order valence-corrected chi connectivity index (χ3v) is 3.27. The molecule has 0 spiro atoms. The Kier molecular flexibility index (Phi) is 4.28. The van der Waals surface area contributed by atoms with E-state index in [0.29, 0.717) is 24.5 Å². The first kappa shape index (κ1) is 14.7. The lowest BCUT2D eigenvalue weighted by atomic mass is 10.2. The topological polar surface area (TPSA) is 82.7 Å². The SMILES string of the molecule is O=C(NNc1ccccc1)Nc1cccc(N2CCOC2=O)c1. The van der Waals surface area contributed by atoms with Crippen molar-refractivity contribution in [3.63, 3.8) is 0 Å². The van der Waals surface area contributed by atoms with Crippen LogP contribution in [-0.2, 0) is 4.74 Å². The number of hydrogen-bond donors (Lipinski definition) is 3. The highest BCUT2D eigenvalue weighted by atomic mass is 16.6. The smallest absolute Gasteiger partial charge is 0.414 e. The van der Waals surface area contributed by atoms with Crippen LogP contribution in [0.3, 0.4) is 0 Å². The van der Waals surface area contributed by atoms with Crippen molar-refractivity contribution >= 4 is 29.2 Å². The first-order valence-corrected chi connectivity index (χ1v) is 7.15. The van der Waals surface area contributed by atoms with Gasteiger partial charge in [0.2, 0.25) is 0 Å². The fraction of sp³-hybridized carbons (Fsp3) is 0.125. The summed E-state index contributed by atoms with van der Waals surface area (Å²) in [6.45, 7) is 0.877. The number of para-hydroxylation sites is 1. The van der Waals surface area contributed by atoms with Crippen LogP contribution in [0.15, 0.2) is 54.6 Å². The zero-order chi connectivity index (χ0) is 16.1. The van der Waals surface area contributed by atoms with Crippen LogP contribution in [0.2, 0.25) is 0 Å². The number of nitrogens with zero attached hydrogens (tertiary/aromatic N) is 1. The van der Waals surface area contributed by atoms with Gasteiger partial charge in [0.15, 0.2) is 0 Å². The number of hydrogen-bond acceptors (Lipinski definition) is 4. The number of hydrazine groups is 1. The van der Waals surface area contributed by atoms with Gasteiger partial charge in [0, 0.05) is 11.4 Å². The maximum atomic E-state index is 11.9. The molecule has 0 unspecified atom stereocenters. The number of cyclic esters (lactones) is 1. The van der Waals surface area contributed by atoms with Gasteiger partial charge in [0.1, 0.15) is 6.61 Å². The summed E-state index contributed by atoms with van der Waals surface area (Å²) in [4.78, 5) is 25.0. The van der Waals surface area contributed by atoms with Crippen LogP contribution in [-0.4, -0.2) is 25.3 Å². The predicted octanol–water partition coefficient (Wildman–Crippen LogP) is 2.79. The zero-order valence-electron chi connectivity index (χ0n) is 12.3. The van der Waals surface area contributed by atoms with Gasteiger partial charge in [0.25, 0.3) is 0 Å². The van der Waals surface area contributed by atoms with E-state index in [4.69, 9.17) is 4.74 Å². The van der Waals surface area contributed by atoms with E-state index in [0.717, 1.165) is 5.69 Å². The number of carbonyl (C=O) groups is 2. The largest absolute Gasteiger partial charge is 0.447 e. The van der Waals surface area contributed by atoms with Crippen molar-refractivity contribution in [3.8, 4) is 0 Å². The highest BCUT2D eigenvalue weighted by Crippen LogP contribution is 2.22. The number of rotatable bonds is 4. The molecule has 0 aromatic heterocycles. The van der Waals surface area contributed by atoms with Crippen molar-refractivity contribution in [2.24, 2.45) is 0 Å². The molecule has 2 aromatic carbocycles. The van der Waals surface area contributed by atoms with Gasteiger partial charge >= 0.3 is 12.1 Å². The Balaban J connectivity index is 1.59. The van der Waals surface area contributed by atoms with Gasteiger partial charge in [-0.2, -0.15) is 0 Å². The second kappa shape index (κ2) is 6.69. The van der Waals surface area contributed by atoms with Crippen LogP contribution in [0.1, 0.15) is 0 Å². The molecule has 1 heterocycles. The van der Waals surface area contributed by atoms with E-state index in [1.54, 1.807) is 24.3 Å². The number of carbonyl (C=O) groups excluding carboxylic acids is 2. The fourth-order valence-electron chi connectivity index (χ4n) is 2.19. The van der Waals surface area contributed by atoms with E-state index in [1.165, 1.54) is 4.90 Å². The molecule has 0 radical (unpaired) electrons. The quantitative estimate of drug-likeness (QED) is 0.758. The molecule has 1 aliphatic heterocycles. The Morgan fingerprint density at radius 2 is 1.83 bits per heavy atom. The van der Waals surface area contributed by atoms with E-state index >= 15 is 0 Å². The summed E-state index contributed by atoms with van der Waals surface area (Å²) < 4.78 is 4.91. The van der Waals surface area contributed by atoms with Crippen molar-refractivity contribution in [2.75, 3.05) is 28.8 Å². The maximum absolute atomic E-state index is 11.9. The van der Waals surface area contributed by atoms with Gasteiger partial charge in [0.05, 0.1) is 12.2 Å². The molecule has 3 amide bonds. The van der Waals surface area contributed by atoms with Crippen molar-refractivity contribution in [1.29, 1.82) is 0 Å². The average Bonchev–Trinajstić information content (AvgIpc) is 3.00. The monoisotopic (exact) mass is 312 g/mol. The number of benzene rings is 2. The lowest BCUT2D eigenvalue weighted by molar-refractivity contribution is 0.181. The standard InChI is InChI=1S/C16H16N4O3/c21-15(19-18-12-5-2-1-3-6-12)17-13-7-4-8-14(11-13)20-9-10-23-16(20)22/h1-8,11,18H,9-10H2,(H2,17,19,21). The van der Waals surface area contributed by atoms with Crippen LogP contribution in [0.4, 0.5) is 26.7 Å². The van der Waals surface area contributed by atoms with E-state index < -0.39 is 6.03 Å². The van der Waals surface area contributed by atoms with E-state index in [9.17, 15) is 9.59 Å². The van der Waals surface area contributed by atoms with Crippen LogP contribution < -0.4 is 21.1 Å². The number of urea groups is 1. The molecular weight excluding hydrogens is 296 g/mol. The van der Waals surface area contributed by atoms with Gasteiger partial charge in [-0.1, -0.05) is 24.3 Å². The molecule has 7 heteroatoms. The van der Waals surface area contributed by atoms with Crippen molar-refractivity contribution in [2.45, 2.75) is 0 Å². The molecule has 7 nitrogen and oxygen atoms in total. The Bertz CT molecular complexity index is 705. The summed E-state index contributed by atoms with van der Waals surface area (Å²) in [5.74, 6) is 0. The van der Waals surface area contributed by atoms with Crippen LogP contribution in [0.25, 0.3) is 0 Å². The third-order valence-electron chi connectivity index (χ3n) is 3.27. The maximum Gasteiger partial charge on any atom is 0.414 e. The van der Waals surface area contributed by atoms with E-state index in [2.05, 4.69) is 16.2 Å². The molecule has 0 atom stereocenters. The van der Waals surface area contributed by atoms with Crippen molar-refractivity contribution in [3.05, 3.63) is 54.6 Å². The molecule has 1 fully saturated rings. The summed E-state index contributed by atoms with van der Waals surface area (Å²) in [5, 5.41) is 2.70. The Labute approximate surface area is 133 Å². The van der Waals surface area contributed by atoms with Gasteiger partial charge < -0.3 is 10.1 Å². The molecule has 2 aromatic rings. The second-order valence-corrected chi connectivity index (χ2v) is 4.89. The highest BCUT2D eigenvalue weighted by molar-refractivity contribution is 5.93. The highest BCUT2D eigenvalue weighted by Gasteiger charge is 2.23. The molecule has 1 saturated heterocycles. The lowest BCUT2D eigenvalue weighted by Crippen LogP contribution is -2.33. The molecule has 23 heavy (non-hydrogen) atoms. The molecular formula is C16H16N4O3. The van der Waals surface area contributed by atoms with Crippen molar-refractivity contribution in [1.82, 2.24) is 5.43 Å². The minimum Gasteiger partial charge on any atom is -0.447 e. The van der Waals surface area contributed by atoms with Crippen LogP contribution in [0.5, 0.6) is 0 Å². The van der Waals surface area contributed by atoms with E-state index in [1.807, 2.05) is 30.3 Å². The van der Waals surface area contributed by atoms with Gasteiger partial charge in [-0.05, 0) is 30.3 Å². The van der Waals surface area contributed by atoms with E-state index in [-0.39, 0.29) is 6.09 Å². The normalized spacial score (nSPS) is 13.4. The number of ether oxygens (including phenoxy) is 1. The lowest BCUT2D eigenvalue weighted by Gasteiger charge is -2.14. The number of anilines is 3. The minimum atomic E-state index is -0.407. The summed E-state index contributed by atoms with van der Waals surface area (Å²) in [5.41, 5.74) is 7.37. The molecule has 1 aliphatic rings. The molecule has 3 N–H and O–H groups in total. The predicted molar refractivity (Wildman–Crippen MR) is 87.4 cm³/mol. The van der Waals surface area contributed by atoms with Gasteiger partial charge in [-0.25, -0.2) is 9.59 Å². The van der Waals surface area contributed by atoms with Crippen molar-refractivity contribution < 1.29 is 14.3 Å². The van der Waals surface area contributed by atoms with Gasteiger partial charge in [-0.15, -0.1) is 0 Å². The second-order valence-electron chi connectivity index (χ2n) is 4.89. The van der Waals surface area contributed by atoms with Gasteiger partial charge in [-0.3, -0.25) is 15.8 Å². The third kappa shape index (κ3) is 3.70. The zero-order valence-corrected chi connectivity index (χ0v) is 12.3. The summed E-state index contributed by atoms with van der Waals surface area (Å²) in [7, 11) is 0. The molecule has 118 valence electrons.